The number of hydrogen-bond donors (Lipinski definition) is 1. The number of aromatic nitrogens is 2. The van der Waals surface area contributed by atoms with Crippen LogP contribution in [0, 0.1) is 11.8 Å². The summed E-state index contributed by atoms with van der Waals surface area (Å²) in [6.45, 7) is 3.88. The average molecular weight is 399 g/mol. The van der Waals surface area contributed by atoms with Gasteiger partial charge in [0.2, 0.25) is 11.9 Å². The van der Waals surface area contributed by atoms with E-state index >= 15 is 0 Å². The fraction of sp³-hybridized carbons (Fsp3) is 0.652. The number of carbonyl (C=O) groups is 1. The van der Waals surface area contributed by atoms with Gasteiger partial charge < -0.3 is 19.5 Å². The van der Waals surface area contributed by atoms with Crippen molar-refractivity contribution in [1.82, 2.24) is 14.9 Å². The van der Waals surface area contributed by atoms with Gasteiger partial charge in [0, 0.05) is 33.3 Å². The lowest BCUT2D eigenvalue weighted by Crippen LogP contribution is -2.44. The lowest BCUT2D eigenvalue weighted by atomic mass is 9.89. The number of amides is 1. The highest BCUT2D eigenvalue weighted by Gasteiger charge is 2.29. The van der Waals surface area contributed by atoms with Crippen LogP contribution in [0.3, 0.4) is 0 Å². The van der Waals surface area contributed by atoms with Crippen LogP contribution in [-0.2, 0) is 16.1 Å². The number of methoxy groups -OCH3 is 1. The molecule has 1 atom stereocenters. The van der Waals surface area contributed by atoms with Crippen LogP contribution >= 0.6 is 0 Å². The molecule has 1 N–H and O–H groups in total. The van der Waals surface area contributed by atoms with Crippen molar-refractivity contribution in [3.63, 3.8) is 0 Å². The average Bonchev–Trinajstić information content (AvgIpc) is 3.13. The number of nitrogens with one attached hydrogen (secondary N) is 1. The van der Waals surface area contributed by atoms with Gasteiger partial charge >= 0.3 is 0 Å². The van der Waals surface area contributed by atoms with Crippen molar-refractivity contribution >= 4 is 22.9 Å². The minimum atomic E-state index is 0.0172. The van der Waals surface area contributed by atoms with Crippen molar-refractivity contribution in [2.24, 2.45) is 11.8 Å². The Balaban J connectivity index is 1.54. The Kier molecular flexibility index (Phi) is 6.70. The molecule has 1 saturated heterocycles. The van der Waals surface area contributed by atoms with Crippen molar-refractivity contribution in [3.05, 3.63) is 24.3 Å². The number of imidazole rings is 1. The van der Waals surface area contributed by atoms with E-state index < -0.39 is 0 Å². The molecule has 1 aliphatic carbocycles. The summed E-state index contributed by atoms with van der Waals surface area (Å²) in [5.41, 5.74) is 2.28. The van der Waals surface area contributed by atoms with Gasteiger partial charge in [-0.1, -0.05) is 31.4 Å². The Morgan fingerprint density at radius 3 is 2.83 bits per heavy atom. The summed E-state index contributed by atoms with van der Waals surface area (Å²) in [7, 11) is 1.66. The number of ether oxygens (including phenoxy) is 1. The number of nitrogens with zero attached hydrogens (tertiary/aromatic N) is 3. The van der Waals surface area contributed by atoms with Gasteiger partial charge in [0.05, 0.1) is 23.6 Å². The van der Waals surface area contributed by atoms with Gasteiger partial charge in [-0.2, -0.15) is 0 Å². The number of anilines is 1. The summed E-state index contributed by atoms with van der Waals surface area (Å²) in [4.78, 5) is 20.0. The number of piperidine rings is 1. The van der Waals surface area contributed by atoms with Gasteiger partial charge in [0.25, 0.3) is 0 Å². The Morgan fingerprint density at radius 1 is 1.17 bits per heavy atom. The quantitative estimate of drug-likeness (QED) is 0.724. The van der Waals surface area contributed by atoms with Crippen molar-refractivity contribution < 1.29 is 9.53 Å². The third kappa shape index (κ3) is 4.74. The summed E-state index contributed by atoms with van der Waals surface area (Å²) in [6.07, 6.45) is 8.67. The normalized spacial score (nSPS) is 20.9. The second kappa shape index (κ2) is 9.61. The second-order valence-corrected chi connectivity index (χ2v) is 8.58. The lowest BCUT2D eigenvalue weighted by molar-refractivity contribution is -0.125. The summed E-state index contributed by atoms with van der Waals surface area (Å²) >= 11 is 0. The fourth-order valence-electron chi connectivity index (χ4n) is 4.91. The van der Waals surface area contributed by atoms with E-state index in [1.54, 1.807) is 7.11 Å². The molecule has 0 bridgehead atoms. The van der Waals surface area contributed by atoms with E-state index in [1.165, 1.54) is 37.6 Å². The Labute approximate surface area is 173 Å². The van der Waals surface area contributed by atoms with Crippen LogP contribution in [0.1, 0.15) is 44.9 Å². The zero-order valence-electron chi connectivity index (χ0n) is 17.6. The van der Waals surface area contributed by atoms with Gasteiger partial charge in [-0.25, -0.2) is 4.98 Å². The van der Waals surface area contributed by atoms with E-state index in [4.69, 9.17) is 9.72 Å². The molecule has 6 heteroatoms. The predicted octanol–water partition coefficient (Wildman–Crippen LogP) is 3.60. The first-order chi connectivity index (χ1) is 14.3. The number of para-hydroxylation sites is 2. The van der Waals surface area contributed by atoms with E-state index in [1.807, 2.05) is 0 Å². The smallest absolute Gasteiger partial charge is 0.224 e. The monoisotopic (exact) mass is 398 g/mol. The molecule has 2 heterocycles. The third-order valence-electron chi connectivity index (χ3n) is 6.48. The molecule has 158 valence electrons. The van der Waals surface area contributed by atoms with Crippen LogP contribution in [0.4, 0.5) is 5.95 Å². The second-order valence-electron chi connectivity index (χ2n) is 8.58. The van der Waals surface area contributed by atoms with E-state index in [2.05, 4.69) is 39.0 Å². The molecule has 2 fully saturated rings. The molecule has 29 heavy (non-hydrogen) atoms. The highest BCUT2D eigenvalue weighted by molar-refractivity contribution is 5.81. The molecule has 1 aromatic heterocycles. The molecule has 0 spiro atoms. The summed E-state index contributed by atoms with van der Waals surface area (Å²) in [5, 5.41) is 3.01. The third-order valence-corrected chi connectivity index (χ3v) is 6.48. The molecular formula is C23H34N4O2. The predicted molar refractivity (Wildman–Crippen MR) is 116 cm³/mol. The largest absolute Gasteiger partial charge is 0.383 e. The van der Waals surface area contributed by atoms with Crippen LogP contribution in [0.25, 0.3) is 11.0 Å². The number of carbonyl (C=O) groups excluding carboxylic acids is 1. The molecule has 6 nitrogen and oxygen atoms in total. The highest BCUT2D eigenvalue weighted by atomic mass is 16.5. The van der Waals surface area contributed by atoms with Crippen LogP contribution in [0.5, 0.6) is 0 Å². The molecular weight excluding hydrogens is 364 g/mol. The topological polar surface area (TPSA) is 59.4 Å². The first-order valence-corrected chi connectivity index (χ1v) is 11.2. The number of hydrogen-bond acceptors (Lipinski definition) is 4. The maximum atomic E-state index is 12.6. The Bertz CT molecular complexity index is 812. The Hall–Kier alpha value is -2.08. The molecule has 0 radical (unpaired) electrons. The van der Waals surface area contributed by atoms with Crippen molar-refractivity contribution in [3.8, 4) is 0 Å². The van der Waals surface area contributed by atoms with E-state index in [9.17, 15) is 4.79 Å². The number of benzene rings is 1. The van der Waals surface area contributed by atoms with Gasteiger partial charge in [-0.15, -0.1) is 0 Å². The lowest BCUT2D eigenvalue weighted by Gasteiger charge is -2.34. The molecule has 1 amide bonds. The van der Waals surface area contributed by atoms with E-state index in [0.717, 1.165) is 49.9 Å². The number of fused-ring (bicyclic) bond motifs is 1. The Morgan fingerprint density at radius 2 is 2.00 bits per heavy atom. The van der Waals surface area contributed by atoms with Crippen LogP contribution in [-0.4, -0.2) is 48.8 Å². The van der Waals surface area contributed by atoms with Crippen molar-refractivity contribution in [2.45, 2.75) is 51.5 Å². The summed E-state index contributed by atoms with van der Waals surface area (Å²) < 4.78 is 7.48. The summed E-state index contributed by atoms with van der Waals surface area (Å²) in [5.74, 6) is 1.94. The van der Waals surface area contributed by atoms with E-state index in [0.29, 0.717) is 13.2 Å². The molecule has 2 aliphatic rings. The molecule has 1 saturated carbocycles. The van der Waals surface area contributed by atoms with Gasteiger partial charge in [0.1, 0.15) is 0 Å². The minimum Gasteiger partial charge on any atom is -0.383 e. The van der Waals surface area contributed by atoms with E-state index in [-0.39, 0.29) is 11.8 Å². The molecule has 1 aliphatic heterocycles. The van der Waals surface area contributed by atoms with Crippen LogP contribution < -0.4 is 10.2 Å². The molecule has 1 unspecified atom stereocenters. The van der Waals surface area contributed by atoms with Crippen molar-refractivity contribution in [2.75, 3.05) is 38.3 Å². The molecule has 2 aromatic rings. The maximum absolute atomic E-state index is 12.6. The first-order valence-electron chi connectivity index (χ1n) is 11.2. The number of rotatable bonds is 7. The van der Waals surface area contributed by atoms with Gasteiger partial charge in [0.15, 0.2) is 0 Å². The van der Waals surface area contributed by atoms with Crippen LogP contribution in [0.15, 0.2) is 24.3 Å². The molecule has 4 rings (SSSR count). The van der Waals surface area contributed by atoms with Gasteiger partial charge in [-0.3, -0.25) is 4.79 Å². The zero-order valence-corrected chi connectivity index (χ0v) is 17.6. The zero-order chi connectivity index (χ0) is 20.1. The first kappa shape index (κ1) is 20.2. The molecule has 1 aromatic carbocycles. The van der Waals surface area contributed by atoms with Crippen molar-refractivity contribution in [1.29, 1.82) is 0 Å². The maximum Gasteiger partial charge on any atom is 0.224 e. The SMILES string of the molecule is COCCNC(=O)C1CCCN(c2nc3ccccc3n2CC2CCCCC2)C1. The standard InChI is InChI=1S/C23H34N4O2/c1-29-15-13-24-22(28)19-10-7-14-26(17-19)23-25-20-11-5-6-12-21(20)27(23)16-18-8-3-2-4-9-18/h5-6,11-12,18-19H,2-4,7-10,13-17H2,1H3,(H,24,28). The van der Waals surface area contributed by atoms with Gasteiger partial charge in [-0.05, 0) is 43.7 Å². The van der Waals surface area contributed by atoms with Crippen LogP contribution in [0.2, 0.25) is 0 Å². The highest BCUT2D eigenvalue weighted by Crippen LogP contribution is 2.31. The summed E-state index contributed by atoms with van der Waals surface area (Å²) in [6, 6.07) is 8.46. The fourth-order valence-corrected chi connectivity index (χ4v) is 4.91. The minimum absolute atomic E-state index is 0.0172.